The van der Waals surface area contributed by atoms with Gasteiger partial charge in [0.2, 0.25) is 11.2 Å². The number of aryl methyl sites for hydroxylation is 3. The van der Waals surface area contributed by atoms with Crippen LogP contribution in [-0.2, 0) is 13.5 Å². The minimum Gasteiger partial charge on any atom is -0.198 e. The van der Waals surface area contributed by atoms with E-state index < -0.39 is 0 Å². The van der Waals surface area contributed by atoms with Crippen LogP contribution in [0.25, 0.3) is 22.2 Å². The largest absolute Gasteiger partial charge is 0.213 e. The lowest BCUT2D eigenvalue weighted by molar-refractivity contribution is -0.633. The smallest absolute Gasteiger partial charge is 0.198 e. The quantitative estimate of drug-likeness (QED) is 0.589. The van der Waals surface area contributed by atoms with Gasteiger partial charge in [0.05, 0.1) is 11.5 Å². The molecule has 0 bridgehead atoms. The highest BCUT2D eigenvalue weighted by Crippen LogP contribution is 2.27. The maximum absolute atomic E-state index is 9.29. The molecule has 0 saturated carbocycles. The van der Waals surface area contributed by atoms with E-state index in [0.717, 1.165) is 6.42 Å². The molecule has 2 heteroatoms. The number of rotatable bonds is 3. The van der Waals surface area contributed by atoms with Crippen molar-refractivity contribution in [2.24, 2.45) is 12.5 Å². The first kappa shape index (κ1) is 18.1. The SMILES string of the molecule is Cc1cc(C)c(C)c(-c2ccc3cc(CC(C)(C)C#N)ccc3[n+]2C)c1. The van der Waals surface area contributed by atoms with Crippen LogP contribution in [0, 0.1) is 37.5 Å². The van der Waals surface area contributed by atoms with E-state index in [9.17, 15) is 5.26 Å². The average molecular weight is 343 g/mol. The molecule has 1 heterocycles. The van der Waals surface area contributed by atoms with Crippen LogP contribution in [-0.4, -0.2) is 0 Å². The van der Waals surface area contributed by atoms with E-state index in [1.807, 2.05) is 13.8 Å². The number of fused-ring (bicyclic) bond motifs is 1. The predicted molar refractivity (Wildman–Crippen MR) is 108 cm³/mol. The molecule has 2 nitrogen and oxygen atoms in total. The molecule has 1 aromatic heterocycles. The molecule has 3 aromatic rings. The Morgan fingerprint density at radius 1 is 1.00 bits per heavy atom. The lowest BCUT2D eigenvalue weighted by atomic mass is 9.87. The molecule has 0 N–H and O–H groups in total. The van der Waals surface area contributed by atoms with Crippen LogP contribution in [0.1, 0.15) is 36.1 Å². The van der Waals surface area contributed by atoms with Crippen molar-refractivity contribution in [3.8, 4) is 17.3 Å². The van der Waals surface area contributed by atoms with Crippen molar-refractivity contribution in [1.82, 2.24) is 0 Å². The molecule has 2 aromatic carbocycles. The highest BCUT2D eigenvalue weighted by molar-refractivity contribution is 5.79. The maximum Gasteiger partial charge on any atom is 0.213 e. The summed E-state index contributed by atoms with van der Waals surface area (Å²) in [5, 5.41) is 10.5. The lowest BCUT2D eigenvalue weighted by Crippen LogP contribution is -2.32. The Hall–Kier alpha value is -2.66. The van der Waals surface area contributed by atoms with E-state index in [1.165, 1.54) is 44.4 Å². The Morgan fingerprint density at radius 2 is 1.73 bits per heavy atom. The predicted octanol–water partition coefficient (Wildman–Crippen LogP) is 5.35. The summed E-state index contributed by atoms with van der Waals surface area (Å²) < 4.78 is 2.27. The first-order valence-electron chi connectivity index (χ1n) is 9.13. The summed E-state index contributed by atoms with van der Waals surface area (Å²) in [6, 6.07) is 17.9. The summed E-state index contributed by atoms with van der Waals surface area (Å²) in [7, 11) is 2.13. The summed E-state index contributed by atoms with van der Waals surface area (Å²) in [5.41, 5.74) is 8.54. The zero-order valence-electron chi connectivity index (χ0n) is 16.6. The van der Waals surface area contributed by atoms with Gasteiger partial charge in [-0.25, -0.2) is 0 Å². The van der Waals surface area contributed by atoms with E-state index in [1.54, 1.807) is 0 Å². The normalized spacial score (nSPS) is 11.6. The van der Waals surface area contributed by atoms with Gasteiger partial charge in [-0.1, -0.05) is 17.7 Å². The summed E-state index contributed by atoms with van der Waals surface area (Å²) in [5.74, 6) is 0. The number of aromatic nitrogens is 1. The van der Waals surface area contributed by atoms with Crippen molar-refractivity contribution in [3.63, 3.8) is 0 Å². The van der Waals surface area contributed by atoms with Gasteiger partial charge in [-0.05, 0) is 75.9 Å². The Bertz CT molecular complexity index is 1040. The molecule has 26 heavy (non-hydrogen) atoms. The fraction of sp³-hybridized carbons (Fsp3) is 0.333. The Labute approximate surface area is 156 Å². The number of pyridine rings is 1. The van der Waals surface area contributed by atoms with E-state index in [4.69, 9.17) is 0 Å². The minimum absolute atomic E-state index is 0.341. The van der Waals surface area contributed by atoms with Crippen molar-refractivity contribution < 1.29 is 4.57 Å². The van der Waals surface area contributed by atoms with Crippen molar-refractivity contribution in [2.45, 2.75) is 41.0 Å². The van der Waals surface area contributed by atoms with Crippen LogP contribution < -0.4 is 4.57 Å². The average Bonchev–Trinajstić information content (AvgIpc) is 2.58. The summed E-state index contributed by atoms with van der Waals surface area (Å²) >= 11 is 0. The topological polar surface area (TPSA) is 27.7 Å². The van der Waals surface area contributed by atoms with Gasteiger partial charge in [0, 0.05) is 23.1 Å². The van der Waals surface area contributed by atoms with Crippen molar-refractivity contribution in [3.05, 3.63) is 64.7 Å². The van der Waals surface area contributed by atoms with Crippen molar-refractivity contribution >= 4 is 10.9 Å². The lowest BCUT2D eigenvalue weighted by Gasteiger charge is -2.15. The van der Waals surface area contributed by atoms with Crippen LogP contribution in [0.5, 0.6) is 0 Å². The molecule has 0 aliphatic carbocycles. The molecule has 0 atom stereocenters. The second-order valence-electron chi connectivity index (χ2n) is 8.10. The van der Waals surface area contributed by atoms with Crippen LogP contribution in [0.15, 0.2) is 42.5 Å². The third kappa shape index (κ3) is 3.35. The van der Waals surface area contributed by atoms with Gasteiger partial charge in [-0.3, -0.25) is 0 Å². The highest BCUT2D eigenvalue weighted by atomic mass is 14.9. The van der Waals surface area contributed by atoms with Crippen molar-refractivity contribution in [1.29, 1.82) is 5.26 Å². The second-order valence-corrected chi connectivity index (χ2v) is 8.10. The Balaban J connectivity index is 2.12. The fourth-order valence-electron chi connectivity index (χ4n) is 3.69. The number of benzene rings is 2. The van der Waals surface area contributed by atoms with Gasteiger partial charge in [0.1, 0.15) is 7.05 Å². The van der Waals surface area contributed by atoms with Gasteiger partial charge in [-0.2, -0.15) is 9.83 Å². The Kier molecular flexibility index (Phi) is 4.59. The Morgan fingerprint density at radius 3 is 2.42 bits per heavy atom. The number of hydrogen-bond acceptors (Lipinski definition) is 1. The molecule has 0 amide bonds. The molecule has 0 aliphatic heterocycles. The standard InChI is InChI=1S/C24H27N2/c1-16-11-17(2)18(3)21(12-16)23-10-8-20-13-19(14-24(4,5)15-25)7-9-22(20)26(23)6/h7-13H,14H2,1-6H3/q+1. The van der Waals surface area contributed by atoms with E-state index in [-0.39, 0.29) is 5.41 Å². The maximum atomic E-state index is 9.29. The molecule has 3 rings (SSSR count). The number of hydrogen-bond donors (Lipinski definition) is 0. The molecule has 0 unspecified atom stereocenters. The van der Waals surface area contributed by atoms with Crippen LogP contribution in [0.3, 0.4) is 0 Å². The zero-order valence-corrected chi connectivity index (χ0v) is 16.6. The number of nitriles is 1. The molecule has 0 spiro atoms. The monoisotopic (exact) mass is 343 g/mol. The molecule has 0 radical (unpaired) electrons. The van der Waals surface area contributed by atoms with Gasteiger partial charge in [0.15, 0.2) is 0 Å². The van der Waals surface area contributed by atoms with Crippen LogP contribution in [0.4, 0.5) is 0 Å². The molecule has 0 aliphatic rings. The third-order valence-corrected chi connectivity index (χ3v) is 5.27. The van der Waals surface area contributed by atoms with E-state index in [0.29, 0.717) is 0 Å². The molecular weight excluding hydrogens is 316 g/mol. The minimum atomic E-state index is -0.341. The fourth-order valence-corrected chi connectivity index (χ4v) is 3.69. The van der Waals surface area contributed by atoms with E-state index in [2.05, 4.69) is 80.9 Å². The molecular formula is C24H27N2+. The first-order valence-corrected chi connectivity index (χ1v) is 9.13. The van der Waals surface area contributed by atoms with Crippen LogP contribution in [0.2, 0.25) is 0 Å². The van der Waals surface area contributed by atoms with Gasteiger partial charge in [-0.15, -0.1) is 0 Å². The number of nitrogens with zero attached hydrogens (tertiary/aromatic N) is 2. The first-order chi connectivity index (χ1) is 12.2. The van der Waals surface area contributed by atoms with Gasteiger partial charge < -0.3 is 0 Å². The van der Waals surface area contributed by atoms with E-state index >= 15 is 0 Å². The third-order valence-electron chi connectivity index (χ3n) is 5.27. The summed E-state index contributed by atoms with van der Waals surface area (Å²) in [6.07, 6.45) is 0.765. The highest BCUT2D eigenvalue weighted by Gasteiger charge is 2.20. The molecule has 132 valence electrons. The molecule has 0 fully saturated rings. The second kappa shape index (κ2) is 6.57. The van der Waals surface area contributed by atoms with Gasteiger partial charge in [0.25, 0.3) is 0 Å². The zero-order chi connectivity index (χ0) is 19.1. The summed E-state index contributed by atoms with van der Waals surface area (Å²) in [6.45, 7) is 10.5. The molecule has 0 saturated heterocycles. The van der Waals surface area contributed by atoms with Gasteiger partial charge >= 0.3 is 0 Å². The summed E-state index contributed by atoms with van der Waals surface area (Å²) in [4.78, 5) is 0. The van der Waals surface area contributed by atoms with Crippen molar-refractivity contribution in [2.75, 3.05) is 0 Å². The van der Waals surface area contributed by atoms with Crippen LogP contribution >= 0.6 is 0 Å².